The summed E-state index contributed by atoms with van der Waals surface area (Å²) in [5, 5.41) is 0. The number of ketones is 2. The molecule has 0 bridgehead atoms. The number of allylic oxidation sites excluding steroid dienone is 3. The van der Waals surface area contributed by atoms with Gasteiger partial charge in [0.1, 0.15) is 6.10 Å². The highest BCUT2D eigenvalue weighted by molar-refractivity contribution is 5.97. The highest BCUT2D eigenvalue weighted by Gasteiger charge is 2.72. The van der Waals surface area contributed by atoms with Crippen molar-refractivity contribution >= 4 is 47.4 Å². The number of carbonyl (C=O) groups is 8. The zero-order valence-electron chi connectivity index (χ0n) is 29.8. The number of hydrogen-bond donors (Lipinski definition) is 0. The van der Waals surface area contributed by atoms with E-state index in [0.29, 0.717) is 0 Å². The Bertz CT molecular complexity index is 1480. The van der Waals surface area contributed by atoms with Gasteiger partial charge in [0.05, 0.1) is 5.92 Å². The first kappa shape index (κ1) is 40.6. The Hall–Kier alpha value is -4.62. The van der Waals surface area contributed by atoms with Crippen molar-refractivity contribution < 1.29 is 66.8 Å². The second kappa shape index (κ2) is 15.3. The molecule has 2 aliphatic rings. The lowest BCUT2D eigenvalue weighted by Gasteiger charge is -2.42. The minimum absolute atomic E-state index is 0.104. The third-order valence-corrected chi connectivity index (χ3v) is 8.51. The molecule has 2 aliphatic carbocycles. The van der Waals surface area contributed by atoms with Crippen LogP contribution in [0.2, 0.25) is 0 Å². The van der Waals surface area contributed by atoms with Crippen molar-refractivity contribution in [2.45, 2.75) is 118 Å². The Morgan fingerprint density at radius 2 is 1.24 bits per heavy atom. The molecule has 0 aromatic heterocycles. The van der Waals surface area contributed by atoms with E-state index >= 15 is 0 Å². The monoisotopic (exact) mass is 690 g/mol. The van der Waals surface area contributed by atoms with Crippen molar-refractivity contribution in [1.82, 2.24) is 0 Å². The second-order valence-electron chi connectivity index (χ2n) is 13.2. The Morgan fingerprint density at radius 1 is 0.735 bits per heavy atom. The predicted octanol–water partition coefficient (Wildman–Crippen LogP) is 3.23. The SMILES string of the molecule is C=C1C(OC(C)=O)[C@@H](OC(=O)/C(C)=C/C)C(=O)C(C)(C)/C=C/[C@@H](C)C(=O)C2(OC(C)=O)CC(C)(OC(C)=O)[C@H](OC(C)=O)[C@@H]2[C@H]1OC(C)=O. The largest absolute Gasteiger partial charge is 0.458 e. The molecule has 0 radical (unpaired) electrons. The van der Waals surface area contributed by atoms with Gasteiger partial charge in [-0.3, -0.25) is 33.6 Å². The topological polar surface area (TPSA) is 192 Å². The molecule has 270 valence electrons. The second-order valence-corrected chi connectivity index (χ2v) is 13.2. The van der Waals surface area contributed by atoms with E-state index in [9.17, 15) is 38.4 Å². The van der Waals surface area contributed by atoms with Gasteiger partial charge in [-0.1, -0.05) is 31.7 Å². The van der Waals surface area contributed by atoms with Crippen LogP contribution >= 0.6 is 0 Å². The molecule has 0 N–H and O–H groups in total. The number of hydrogen-bond acceptors (Lipinski definition) is 14. The van der Waals surface area contributed by atoms with Crippen LogP contribution in [0.1, 0.15) is 82.6 Å². The van der Waals surface area contributed by atoms with Gasteiger partial charge < -0.3 is 28.4 Å². The third kappa shape index (κ3) is 8.90. The maximum Gasteiger partial charge on any atom is 0.334 e. The van der Waals surface area contributed by atoms with E-state index in [4.69, 9.17) is 28.4 Å². The van der Waals surface area contributed by atoms with E-state index in [1.54, 1.807) is 6.92 Å². The van der Waals surface area contributed by atoms with Crippen molar-refractivity contribution in [2.24, 2.45) is 17.3 Å². The minimum atomic E-state index is -2.36. The van der Waals surface area contributed by atoms with Crippen LogP contribution in [0.4, 0.5) is 0 Å². The van der Waals surface area contributed by atoms with Crippen LogP contribution in [-0.2, 0) is 66.8 Å². The summed E-state index contributed by atoms with van der Waals surface area (Å²) in [6.07, 6.45) is -3.71. The molecule has 8 atom stereocenters. The van der Waals surface area contributed by atoms with Gasteiger partial charge in [-0.25, -0.2) is 4.79 Å². The van der Waals surface area contributed by atoms with Crippen LogP contribution in [0, 0.1) is 17.3 Å². The van der Waals surface area contributed by atoms with Crippen LogP contribution < -0.4 is 0 Å². The summed E-state index contributed by atoms with van der Waals surface area (Å²) >= 11 is 0. The van der Waals surface area contributed by atoms with Crippen LogP contribution in [-0.4, -0.2) is 83.0 Å². The molecule has 0 spiro atoms. The summed E-state index contributed by atoms with van der Waals surface area (Å²) < 4.78 is 34.3. The van der Waals surface area contributed by atoms with Crippen molar-refractivity contribution in [2.75, 3.05) is 0 Å². The van der Waals surface area contributed by atoms with Crippen molar-refractivity contribution in [3.63, 3.8) is 0 Å². The predicted molar refractivity (Wildman–Crippen MR) is 170 cm³/mol. The van der Waals surface area contributed by atoms with Gasteiger partial charge in [0.15, 0.2) is 35.0 Å². The molecule has 0 amide bonds. The average molecular weight is 691 g/mol. The van der Waals surface area contributed by atoms with Gasteiger partial charge in [0.25, 0.3) is 0 Å². The number of ether oxygens (including phenoxy) is 6. The van der Waals surface area contributed by atoms with Crippen LogP contribution in [0.25, 0.3) is 0 Å². The normalized spacial score (nSPS) is 32.3. The summed E-state index contributed by atoms with van der Waals surface area (Å²) in [5.74, 6) is -10.1. The molecule has 0 heterocycles. The van der Waals surface area contributed by atoms with E-state index in [-0.39, 0.29) is 5.57 Å². The molecule has 14 nitrogen and oxygen atoms in total. The third-order valence-electron chi connectivity index (χ3n) is 8.51. The molecular weight excluding hydrogens is 644 g/mol. The molecule has 1 fully saturated rings. The van der Waals surface area contributed by atoms with Gasteiger partial charge in [-0.15, -0.1) is 0 Å². The van der Waals surface area contributed by atoms with E-state index in [1.165, 1.54) is 52.8 Å². The average Bonchev–Trinajstić information content (AvgIpc) is 3.19. The molecule has 2 rings (SSSR count). The van der Waals surface area contributed by atoms with Crippen molar-refractivity contribution in [1.29, 1.82) is 0 Å². The zero-order valence-corrected chi connectivity index (χ0v) is 29.8. The molecule has 14 heteroatoms. The molecule has 1 saturated carbocycles. The van der Waals surface area contributed by atoms with Crippen LogP contribution in [0.3, 0.4) is 0 Å². The smallest absolute Gasteiger partial charge is 0.334 e. The first-order chi connectivity index (χ1) is 22.4. The fraction of sp³-hybridized carbons (Fsp3) is 0.600. The first-order valence-corrected chi connectivity index (χ1v) is 15.7. The number of rotatable bonds is 7. The fourth-order valence-electron chi connectivity index (χ4n) is 6.35. The molecule has 3 unspecified atom stereocenters. The number of carbonyl (C=O) groups excluding carboxylic acids is 8. The van der Waals surface area contributed by atoms with Crippen molar-refractivity contribution in [3.8, 4) is 0 Å². The van der Waals surface area contributed by atoms with E-state index < -0.39 is 112 Å². The lowest BCUT2D eigenvalue weighted by Crippen LogP contribution is -2.58. The van der Waals surface area contributed by atoms with Gasteiger partial charge in [-0.05, 0) is 34.6 Å². The maximum absolute atomic E-state index is 14.7. The van der Waals surface area contributed by atoms with E-state index in [1.807, 2.05) is 0 Å². The summed E-state index contributed by atoms with van der Waals surface area (Å²) in [4.78, 5) is 106. The lowest BCUT2D eigenvalue weighted by molar-refractivity contribution is -0.191. The molecule has 0 aromatic carbocycles. The lowest BCUT2D eigenvalue weighted by atomic mass is 9.72. The minimum Gasteiger partial charge on any atom is -0.458 e. The number of Topliss-reactive ketones (excluding diaryl/α,β-unsaturated/α-hetero) is 2. The van der Waals surface area contributed by atoms with Crippen LogP contribution in [0.15, 0.2) is 36.0 Å². The quantitative estimate of drug-likeness (QED) is 0.164. The van der Waals surface area contributed by atoms with Crippen molar-refractivity contribution in [3.05, 3.63) is 36.0 Å². The van der Waals surface area contributed by atoms with Gasteiger partial charge in [-0.2, -0.15) is 0 Å². The van der Waals surface area contributed by atoms with Gasteiger partial charge in [0.2, 0.25) is 6.10 Å². The van der Waals surface area contributed by atoms with Crippen LogP contribution in [0.5, 0.6) is 0 Å². The molecule has 0 aromatic rings. The highest BCUT2D eigenvalue weighted by atomic mass is 16.6. The Kier molecular flexibility index (Phi) is 12.7. The standard InChI is InChI=1S/C35H46O14/c1-13-17(2)32(43)47-28-27(45-21(6)37)19(4)26(44-20(5)36)25-31(46-22(7)38)34(12,48-23(8)39)16-35(25,49-24(9)40)29(41)18(3)14-15-33(10,11)30(28)42/h13-15,18,25-28,31H,4,16H2,1-3,5-12H3/b15-14+,17-13+/t18-,25+,26+,27?,28-,31-,34?,35?/m1/s1. The Labute approximate surface area is 285 Å². The summed E-state index contributed by atoms with van der Waals surface area (Å²) in [6.45, 7) is 17.9. The highest BCUT2D eigenvalue weighted by Crippen LogP contribution is 2.54. The molecule has 0 aliphatic heterocycles. The molecule has 49 heavy (non-hydrogen) atoms. The summed E-state index contributed by atoms with van der Waals surface area (Å²) in [7, 11) is 0. The van der Waals surface area contributed by atoms with Gasteiger partial charge in [0, 0.05) is 63.5 Å². The van der Waals surface area contributed by atoms with Gasteiger partial charge >= 0.3 is 35.8 Å². The zero-order chi connectivity index (χ0) is 37.8. The Morgan fingerprint density at radius 3 is 1.71 bits per heavy atom. The van der Waals surface area contributed by atoms with E-state index in [2.05, 4.69) is 6.58 Å². The maximum atomic E-state index is 14.7. The Balaban J connectivity index is 3.23. The fourth-order valence-corrected chi connectivity index (χ4v) is 6.35. The molecule has 0 saturated heterocycles. The first-order valence-electron chi connectivity index (χ1n) is 15.7. The number of fused-ring (bicyclic) bond motifs is 1. The number of esters is 6. The molecular formula is C35H46O14. The van der Waals surface area contributed by atoms with E-state index in [0.717, 1.165) is 34.6 Å². The summed E-state index contributed by atoms with van der Waals surface area (Å²) in [6, 6.07) is 0. The summed E-state index contributed by atoms with van der Waals surface area (Å²) in [5.41, 5.74) is -6.04.